The summed E-state index contributed by atoms with van der Waals surface area (Å²) in [6.07, 6.45) is -0.333. The second-order valence-electron chi connectivity index (χ2n) is 8.31. The number of rotatable bonds is 4. The normalized spacial score (nSPS) is 18.1. The summed E-state index contributed by atoms with van der Waals surface area (Å²) >= 11 is 6.14. The van der Waals surface area contributed by atoms with Gasteiger partial charge in [-0.05, 0) is 54.4 Å². The van der Waals surface area contributed by atoms with Gasteiger partial charge in [0, 0.05) is 17.1 Å². The van der Waals surface area contributed by atoms with E-state index >= 15 is 0 Å². The first-order chi connectivity index (χ1) is 16.7. The van der Waals surface area contributed by atoms with Crippen molar-refractivity contribution in [3.63, 3.8) is 0 Å². The van der Waals surface area contributed by atoms with Gasteiger partial charge in [0.25, 0.3) is 0 Å². The maximum atomic E-state index is 13.7. The van der Waals surface area contributed by atoms with Crippen LogP contribution in [0.1, 0.15) is 22.8 Å². The van der Waals surface area contributed by atoms with Crippen molar-refractivity contribution in [2.75, 3.05) is 23.6 Å². The summed E-state index contributed by atoms with van der Waals surface area (Å²) in [5, 5.41) is 2.08. The van der Waals surface area contributed by atoms with Crippen LogP contribution in [0.25, 0.3) is 0 Å². The monoisotopic (exact) mass is 512 g/mol. The molecule has 3 aromatic rings. The SMILES string of the molecule is Cc1ccc(NC(=O)CN2C(=O)CC(c3ccc4c(c3)OCO4)S(=O)(=O)c3ccccc32)cc1Cl. The Bertz CT molecular complexity index is 1460. The van der Waals surface area contributed by atoms with Gasteiger partial charge in [-0.3, -0.25) is 9.59 Å². The third-order valence-corrected chi connectivity index (χ3v) is 8.58. The van der Waals surface area contributed by atoms with Gasteiger partial charge in [-0.2, -0.15) is 0 Å². The number of nitrogens with one attached hydrogen (secondary N) is 1. The van der Waals surface area contributed by atoms with E-state index in [1.165, 1.54) is 17.0 Å². The first kappa shape index (κ1) is 23.2. The second-order valence-corrected chi connectivity index (χ2v) is 10.8. The maximum Gasteiger partial charge on any atom is 0.244 e. The van der Waals surface area contributed by atoms with Crippen LogP contribution >= 0.6 is 11.6 Å². The number of amides is 2. The van der Waals surface area contributed by atoms with Crippen LogP contribution in [0.4, 0.5) is 11.4 Å². The van der Waals surface area contributed by atoms with E-state index in [4.69, 9.17) is 21.1 Å². The van der Waals surface area contributed by atoms with Crippen LogP contribution in [-0.2, 0) is 19.4 Å². The van der Waals surface area contributed by atoms with Gasteiger partial charge in [0.1, 0.15) is 6.54 Å². The Morgan fingerprint density at radius 2 is 1.86 bits per heavy atom. The number of benzene rings is 3. The molecule has 0 fully saturated rings. The summed E-state index contributed by atoms with van der Waals surface area (Å²) in [6.45, 7) is 1.54. The molecule has 2 aliphatic rings. The van der Waals surface area contributed by atoms with E-state index in [-0.39, 0.29) is 30.3 Å². The fourth-order valence-corrected chi connectivity index (χ4v) is 6.28. The Morgan fingerprint density at radius 3 is 2.66 bits per heavy atom. The number of hydrogen-bond acceptors (Lipinski definition) is 6. The van der Waals surface area contributed by atoms with Crippen LogP contribution in [0.2, 0.25) is 5.02 Å². The predicted molar refractivity (Wildman–Crippen MR) is 131 cm³/mol. The fourth-order valence-electron chi connectivity index (χ4n) is 4.19. The maximum absolute atomic E-state index is 13.7. The molecule has 10 heteroatoms. The van der Waals surface area contributed by atoms with Gasteiger partial charge in [0.15, 0.2) is 21.3 Å². The molecule has 0 saturated heterocycles. The van der Waals surface area contributed by atoms with Crippen molar-refractivity contribution < 1.29 is 27.5 Å². The fraction of sp³-hybridized carbons (Fsp3) is 0.200. The minimum atomic E-state index is -3.97. The number of ether oxygens (including phenoxy) is 2. The molecule has 1 atom stereocenters. The van der Waals surface area contributed by atoms with E-state index in [0.717, 1.165) is 5.56 Å². The molecule has 0 aromatic heterocycles. The summed E-state index contributed by atoms with van der Waals surface area (Å²) in [7, 11) is -3.97. The highest BCUT2D eigenvalue weighted by Gasteiger charge is 2.40. The molecule has 0 saturated carbocycles. The third-order valence-electron chi connectivity index (χ3n) is 6.02. The number of nitrogens with zero attached hydrogens (tertiary/aromatic N) is 1. The zero-order valence-electron chi connectivity index (χ0n) is 18.7. The van der Waals surface area contributed by atoms with Crippen LogP contribution in [0.3, 0.4) is 0 Å². The molecule has 2 amide bonds. The smallest absolute Gasteiger partial charge is 0.244 e. The Balaban J connectivity index is 1.48. The lowest BCUT2D eigenvalue weighted by molar-refractivity contribution is -0.121. The van der Waals surface area contributed by atoms with Crippen LogP contribution in [0, 0.1) is 6.92 Å². The Labute approximate surface area is 207 Å². The molecule has 2 aliphatic heterocycles. The number of halogens is 1. The molecule has 0 spiro atoms. The molecule has 0 aliphatic carbocycles. The predicted octanol–water partition coefficient (Wildman–Crippen LogP) is 4.27. The van der Waals surface area contributed by atoms with Crippen LogP contribution < -0.4 is 19.7 Å². The van der Waals surface area contributed by atoms with Gasteiger partial charge < -0.3 is 19.7 Å². The van der Waals surface area contributed by atoms with Crippen LogP contribution in [0.5, 0.6) is 11.5 Å². The minimum absolute atomic E-state index is 0.0142. The summed E-state index contributed by atoms with van der Waals surface area (Å²) in [6, 6.07) is 16.1. The third kappa shape index (κ3) is 4.33. The molecule has 3 aromatic carbocycles. The standard InChI is InChI=1S/C25H21ClN2O6S/c1-15-6-8-17(11-18(15)26)27-24(29)13-28-19-4-2-3-5-22(19)35(31,32)23(12-25(28)30)16-7-9-20-21(10-16)34-14-33-20/h2-11,23H,12-14H2,1H3,(H,27,29). The largest absolute Gasteiger partial charge is 0.454 e. The second kappa shape index (κ2) is 8.90. The molecule has 5 rings (SSSR count). The Hall–Kier alpha value is -3.56. The van der Waals surface area contributed by atoms with Crippen molar-refractivity contribution in [1.82, 2.24) is 0 Å². The van der Waals surface area contributed by atoms with Gasteiger partial charge in [0.2, 0.25) is 18.6 Å². The van der Waals surface area contributed by atoms with Crippen molar-refractivity contribution in [3.05, 3.63) is 76.8 Å². The number of carbonyl (C=O) groups excluding carboxylic acids is 2. The average Bonchev–Trinajstić information content (AvgIpc) is 3.28. The number of para-hydroxylation sites is 1. The van der Waals surface area contributed by atoms with Gasteiger partial charge >= 0.3 is 0 Å². The van der Waals surface area contributed by atoms with E-state index in [2.05, 4.69) is 5.32 Å². The van der Waals surface area contributed by atoms with Crippen LogP contribution in [0.15, 0.2) is 65.6 Å². The van der Waals surface area contributed by atoms with Gasteiger partial charge in [-0.1, -0.05) is 35.9 Å². The molecule has 35 heavy (non-hydrogen) atoms. The number of carbonyl (C=O) groups is 2. The Morgan fingerprint density at radius 1 is 1.09 bits per heavy atom. The highest BCUT2D eigenvalue weighted by atomic mass is 35.5. The number of hydrogen-bond donors (Lipinski definition) is 1. The first-order valence-corrected chi connectivity index (χ1v) is 12.8. The average molecular weight is 513 g/mol. The van der Waals surface area contributed by atoms with E-state index in [1.807, 2.05) is 6.92 Å². The molecule has 8 nitrogen and oxygen atoms in total. The Kier molecular flexibility index (Phi) is 5.90. The summed E-state index contributed by atoms with van der Waals surface area (Å²) in [5.41, 5.74) is 1.92. The van der Waals surface area contributed by atoms with Gasteiger partial charge in [0.05, 0.1) is 15.8 Å². The molecular formula is C25H21ClN2O6S. The summed E-state index contributed by atoms with van der Waals surface area (Å²) in [5.74, 6) is -0.0260. The van der Waals surface area contributed by atoms with E-state index in [9.17, 15) is 18.0 Å². The topological polar surface area (TPSA) is 102 Å². The molecule has 1 N–H and O–H groups in total. The molecule has 1 unspecified atom stereocenters. The van der Waals surface area contributed by atoms with Crippen molar-refractivity contribution in [2.45, 2.75) is 23.5 Å². The molecule has 0 radical (unpaired) electrons. The first-order valence-electron chi connectivity index (χ1n) is 10.8. The number of fused-ring (bicyclic) bond motifs is 2. The quantitative estimate of drug-likeness (QED) is 0.560. The highest BCUT2D eigenvalue weighted by Crippen LogP contribution is 2.43. The number of aryl methyl sites for hydroxylation is 1. The lowest BCUT2D eigenvalue weighted by Gasteiger charge is -2.22. The number of sulfone groups is 1. The molecule has 180 valence electrons. The summed E-state index contributed by atoms with van der Waals surface area (Å²) < 4.78 is 38.1. The lowest BCUT2D eigenvalue weighted by atomic mass is 10.1. The van der Waals surface area contributed by atoms with Crippen molar-refractivity contribution in [2.24, 2.45) is 0 Å². The molecular weight excluding hydrogens is 492 g/mol. The van der Waals surface area contributed by atoms with Crippen LogP contribution in [-0.4, -0.2) is 33.6 Å². The number of anilines is 2. The van der Waals surface area contributed by atoms with Crippen molar-refractivity contribution in [1.29, 1.82) is 0 Å². The molecule has 0 bridgehead atoms. The van der Waals surface area contributed by atoms with E-state index in [1.54, 1.807) is 48.5 Å². The van der Waals surface area contributed by atoms with E-state index < -0.39 is 26.9 Å². The minimum Gasteiger partial charge on any atom is -0.454 e. The molecule has 2 heterocycles. The lowest BCUT2D eigenvalue weighted by Crippen LogP contribution is -2.38. The van der Waals surface area contributed by atoms with Gasteiger partial charge in [-0.15, -0.1) is 0 Å². The van der Waals surface area contributed by atoms with Gasteiger partial charge in [-0.25, -0.2) is 8.42 Å². The van der Waals surface area contributed by atoms with Crippen molar-refractivity contribution in [3.8, 4) is 11.5 Å². The van der Waals surface area contributed by atoms with Crippen molar-refractivity contribution >= 4 is 44.6 Å². The zero-order chi connectivity index (χ0) is 24.7. The zero-order valence-corrected chi connectivity index (χ0v) is 20.2. The highest BCUT2D eigenvalue weighted by molar-refractivity contribution is 7.92. The van der Waals surface area contributed by atoms with E-state index in [0.29, 0.717) is 27.8 Å². The summed E-state index contributed by atoms with van der Waals surface area (Å²) in [4.78, 5) is 27.4.